The highest BCUT2D eigenvalue weighted by Crippen LogP contribution is 2.26. The van der Waals surface area contributed by atoms with Gasteiger partial charge in [0.1, 0.15) is 4.21 Å². The van der Waals surface area contributed by atoms with Crippen LogP contribution in [0.1, 0.15) is 23.7 Å². The summed E-state index contributed by atoms with van der Waals surface area (Å²) in [4.78, 5) is 13.9. The molecule has 5 nitrogen and oxygen atoms in total. The monoisotopic (exact) mass is 323 g/mol. The van der Waals surface area contributed by atoms with E-state index in [0.717, 1.165) is 17.8 Å². The van der Waals surface area contributed by atoms with Gasteiger partial charge in [-0.3, -0.25) is 4.79 Å². The molecule has 0 aromatic carbocycles. The van der Waals surface area contributed by atoms with E-state index in [4.69, 9.17) is 15.4 Å². The second-order valence-corrected chi connectivity index (χ2v) is 8.14. The third kappa shape index (κ3) is 3.10. The fourth-order valence-electron chi connectivity index (χ4n) is 2.14. The number of hydrogen-bond donors (Lipinski definition) is 0. The van der Waals surface area contributed by atoms with Crippen LogP contribution in [-0.2, 0) is 13.8 Å². The van der Waals surface area contributed by atoms with Crippen molar-refractivity contribution in [1.82, 2.24) is 4.90 Å². The Kier molecular flexibility index (Phi) is 4.20. The van der Waals surface area contributed by atoms with Gasteiger partial charge in [-0.15, -0.1) is 11.3 Å². The molecule has 1 aliphatic rings. The van der Waals surface area contributed by atoms with E-state index in [2.05, 4.69) is 0 Å². The lowest BCUT2D eigenvalue weighted by Crippen LogP contribution is -2.40. The zero-order valence-electron chi connectivity index (χ0n) is 10.5. The molecule has 0 bridgehead atoms. The Morgan fingerprint density at radius 3 is 2.74 bits per heavy atom. The highest BCUT2D eigenvalue weighted by Gasteiger charge is 2.31. The van der Waals surface area contributed by atoms with Crippen LogP contribution in [0, 0.1) is 0 Å². The molecule has 106 valence electrons. The molecular weight excluding hydrogens is 310 g/mol. The number of carbonyl (C=O) groups excluding carboxylic acids is 1. The topological polar surface area (TPSA) is 63.7 Å². The van der Waals surface area contributed by atoms with Crippen molar-refractivity contribution in [2.24, 2.45) is 0 Å². The molecule has 1 aromatic rings. The molecule has 1 aromatic heterocycles. The normalized spacial score (nSPS) is 23.5. The number of nitrogens with zero attached hydrogens (tertiary/aromatic N) is 1. The molecule has 1 saturated heterocycles. The number of likely N-dealkylation sites (N-methyl/N-ethyl adjacent to an activating group) is 1. The van der Waals surface area contributed by atoms with Gasteiger partial charge in [-0.25, -0.2) is 8.42 Å². The van der Waals surface area contributed by atoms with Crippen LogP contribution in [0.5, 0.6) is 0 Å². The van der Waals surface area contributed by atoms with Gasteiger partial charge in [-0.1, -0.05) is 0 Å². The third-order valence-corrected chi connectivity index (χ3v) is 6.26. The van der Waals surface area contributed by atoms with E-state index in [1.54, 1.807) is 11.9 Å². The third-order valence-electron chi connectivity index (χ3n) is 3.22. The van der Waals surface area contributed by atoms with Crippen LogP contribution in [0.25, 0.3) is 0 Å². The summed E-state index contributed by atoms with van der Waals surface area (Å²) in [6.45, 7) is 2.55. The van der Waals surface area contributed by atoms with Crippen LogP contribution in [0.3, 0.4) is 0 Å². The highest BCUT2D eigenvalue weighted by molar-refractivity contribution is 8.15. The molecule has 19 heavy (non-hydrogen) atoms. The summed E-state index contributed by atoms with van der Waals surface area (Å²) < 4.78 is 27.8. The second-order valence-electron chi connectivity index (χ2n) is 4.44. The first-order valence-corrected chi connectivity index (χ1v) is 8.91. The van der Waals surface area contributed by atoms with Gasteiger partial charge in [-0.2, -0.15) is 0 Å². The minimum absolute atomic E-state index is 0.0104. The molecule has 2 rings (SSSR count). The summed E-state index contributed by atoms with van der Waals surface area (Å²) in [6.07, 6.45) is 0.776. The van der Waals surface area contributed by atoms with E-state index in [-0.39, 0.29) is 22.3 Å². The molecule has 2 atom stereocenters. The Labute approximate surface area is 120 Å². The van der Waals surface area contributed by atoms with Crippen molar-refractivity contribution < 1.29 is 17.9 Å². The molecule has 0 spiro atoms. The summed E-state index contributed by atoms with van der Waals surface area (Å²) in [5.74, 6) is -0.217. The van der Waals surface area contributed by atoms with Crippen molar-refractivity contribution in [1.29, 1.82) is 0 Å². The molecule has 0 N–H and O–H groups in total. The van der Waals surface area contributed by atoms with Crippen LogP contribution in [0.4, 0.5) is 0 Å². The number of halogens is 1. The molecular formula is C11H14ClNO4S2. The van der Waals surface area contributed by atoms with E-state index in [1.807, 2.05) is 6.92 Å². The van der Waals surface area contributed by atoms with Crippen LogP contribution >= 0.6 is 22.0 Å². The van der Waals surface area contributed by atoms with Gasteiger partial charge >= 0.3 is 0 Å². The molecule has 0 saturated carbocycles. The first-order valence-electron chi connectivity index (χ1n) is 5.72. The molecule has 2 unspecified atom stereocenters. The van der Waals surface area contributed by atoms with Gasteiger partial charge in [0.15, 0.2) is 0 Å². The maximum Gasteiger partial charge on any atom is 0.270 e. The lowest BCUT2D eigenvalue weighted by Gasteiger charge is -2.26. The summed E-state index contributed by atoms with van der Waals surface area (Å²) in [5, 5.41) is 1.51. The maximum atomic E-state index is 12.3. The van der Waals surface area contributed by atoms with E-state index < -0.39 is 9.05 Å². The lowest BCUT2D eigenvalue weighted by molar-refractivity contribution is 0.0575. The fraction of sp³-hybridized carbons (Fsp3) is 0.545. The molecule has 1 amide bonds. The Morgan fingerprint density at radius 2 is 2.26 bits per heavy atom. The Morgan fingerprint density at radius 1 is 1.58 bits per heavy atom. The molecule has 8 heteroatoms. The van der Waals surface area contributed by atoms with E-state index >= 15 is 0 Å². The molecule has 1 aliphatic heterocycles. The number of thiophene rings is 1. The Balaban J connectivity index is 2.18. The quantitative estimate of drug-likeness (QED) is 0.797. The highest BCUT2D eigenvalue weighted by atomic mass is 35.7. The Hall–Kier alpha value is -0.630. The van der Waals surface area contributed by atoms with Crippen molar-refractivity contribution in [2.75, 3.05) is 13.7 Å². The zero-order valence-corrected chi connectivity index (χ0v) is 12.9. The van der Waals surface area contributed by atoms with Crippen molar-refractivity contribution >= 4 is 37.0 Å². The van der Waals surface area contributed by atoms with Crippen molar-refractivity contribution in [2.45, 2.75) is 29.7 Å². The van der Waals surface area contributed by atoms with Gasteiger partial charge in [0.05, 0.1) is 17.7 Å². The maximum absolute atomic E-state index is 12.3. The fourth-order valence-corrected chi connectivity index (χ4v) is 4.08. The number of ether oxygens (including phenoxy) is 1. The first-order chi connectivity index (χ1) is 8.80. The predicted molar refractivity (Wildman–Crippen MR) is 73.3 cm³/mol. The Bertz CT molecular complexity index is 583. The van der Waals surface area contributed by atoms with Gasteiger partial charge in [0.2, 0.25) is 0 Å². The van der Waals surface area contributed by atoms with Crippen molar-refractivity contribution in [3.8, 4) is 0 Å². The van der Waals surface area contributed by atoms with Crippen molar-refractivity contribution in [3.05, 3.63) is 17.0 Å². The van der Waals surface area contributed by atoms with Crippen molar-refractivity contribution in [3.63, 3.8) is 0 Å². The summed E-state index contributed by atoms with van der Waals surface area (Å²) in [7, 11) is 3.17. The number of hydrogen-bond acceptors (Lipinski definition) is 5. The van der Waals surface area contributed by atoms with Gasteiger partial charge in [0, 0.05) is 29.7 Å². The van der Waals surface area contributed by atoms with E-state index in [0.29, 0.717) is 12.2 Å². The number of rotatable bonds is 3. The molecule has 0 aliphatic carbocycles. The molecule has 1 fully saturated rings. The standard InChI is InChI=1S/C11H14ClNO4S2/c1-7-9(3-4-17-7)13(2)11(14)8-5-10(18-6-8)19(12,15)16/h5-7,9H,3-4H2,1-2H3. The largest absolute Gasteiger partial charge is 0.376 e. The summed E-state index contributed by atoms with van der Waals surface area (Å²) in [6, 6.07) is 1.33. The van der Waals surface area contributed by atoms with Crippen LogP contribution in [0.15, 0.2) is 15.7 Å². The smallest absolute Gasteiger partial charge is 0.270 e. The molecule has 2 heterocycles. The average Bonchev–Trinajstić information content (AvgIpc) is 2.94. The minimum atomic E-state index is -3.78. The molecule has 0 radical (unpaired) electrons. The van der Waals surface area contributed by atoms with Gasteiger partial charge in [0.25, 0.3) is 15.0 Å². The van der Waals surface area contributed by atoms with Crippen LogP contribution in [-0.4, -0.2) is 45.0 Å². The SMILES string of the molecule is CC1OCCC1N(C)C(=O)c1csc(S(=O)(=O)Cl)c1. The van der Waals surface area contributed by atoms with E-state index in [9.17, 15) is 13.2 Å². The lowest BCUT2D eigenvalue weighted by atomic mass is 10.1. The average molecular weight is 324 g/mol. The minimum Gasteiger partial charge on any atom is -0.376 e. The van der Waals surface area contributed by atoms with Crippen LogP contribution in [0.2, 0.25) is 0 Å². The predicted octanol–water partition coefficient (Wildman–Crippen LogP) is 1.93. The zero-order chi connectivity index (χ0) is 14.2. The van der Waals surface area contributed by atoms with Gasteiger partial charge in [-0.05, 0) is 19.4 Å². The second kappa shape index (κ2) is 5.40. The van der Waals surface area contributed by atoms with Gasteiger partial charge < -0.3 is 9.64 Å². The van der Waals surface area contributed by atoms with Crippen LogP contribution < -0.4 is 0 Å². The van der Waals surface area contributed by atoms with E-state index in [1.165, 1.54) is 11.4 Å². The number of amides is 1. The summed E-state index contributed by atoms with van der Waals surface area (Å²) in [5.41, 5.74) is 0.339. The first kappa shape index (κ1) is 14.8. The summed E-state index contributed by atoms with van der Waals surface area (Å²) >= 11 is 0.947. The number of carbonyl (C=O) groups is 1.